The van der Waals surface area contributed by atoms with Crippen LogP contribution in [0, 0.1) is 6.92 Å². The number of carbonyl (C=O) groups excluding carboxylic acids is 1. The molecule has 0 spiro atoms. The summed E-state index contributed by atoms with van der Waals surface area (Å²) >= 11 is 0. The molecule has 0 unspecified atom stereocenters. The van der Waals surface area contributed by atoms with Gasteiger partial charge in [-0.3, -0.25) is 9.48 Å². The summed E-state index contributed by atoms with van der Waals surface area (Å²) in [4.78, 5) is 18.6. The number of aryl methyl sites for hydroxylation is 1. The van der Waals surface area contributed by atoms with Crippen molar-refractivity contribution in [2.45, 2.75) is 52.2 Å². The summed E-state index contributed by atoms with van der Waals surface area (Å²) in [6.45, 7) is 7.35. The van der Waals surface area contributed by atoms with Gasteiger partial charge in [0.2, 0.25) is 5.91 Å². The second-order valence-electron chi connectivity index (χ2n) is 7.26. The van der Waals surface area contributed by atoms with Gasteiger partial charge in [0.15, 0.2) is 5.82 Å². The number of imidazole rings is 1. The lowest BCUT2D eigenvalue weighted by Gasteiger charge is -2.31. The van der Waals surface area contributed by atoms with Crippen molar-refractivity contribution in [1.29, 1.82) is 0 Å². The predicted molar refractivity (Wildman–Crippen MR) is 103 cm³/mol. The van der Waals surface area contributed by atoms with E-state index >= 15 is 0 Å². The Balaban J connectivity index is 1.38. The van der Waals surface area contributed by atoms with Crippen molar-refractivity contribution in [3.63, 3.8) is 0 Å². The van der Waals surface area contributed by atoms with Crippen LogP contribution >= 0.6 is 0 Å². The Hall–Kier alpha value is -2.97. The Kier molecular flexibility index (Phi) is 5.23. The Bertz CT molecular complexity index is 918. The summed E-state index contributed by atoms with van der Waals surface area (Å²) in [5, 5.41) is 13.2. The summed E-state index contributed by atoms with van der Waals surface area (Å²) < 4.78 is 5.91. The summed E-state index contributed by atoms with van der Waals surface area (Å²) in [6.07, 6.45) is 9.16. The molecule has 0 radical (unpaired) electrons. The summed E-state index contributed by atoms with van der Waals surface area (Å²) in [5.41, 5.74) is 0.928. The quantitative estimate of drug-likeness (QED) is 0.644. The van der Waals surface area contributed by atoms with Gasteiger partial charge in [-0.15, -0.1) is 10.2 Å². The van der Waals surface area contributed by atoms with Gasteiger partial charge in [0, 0.05) is 44.1 Å². The smallest absolute Gasteiger partial charge is 0.244 e. The predicted octanol–water partition coefficient (Wildman–Crippen LogP) is 1.45. The van der Waals surface area contributed by atoms with Crippen molar-refractivity contribution in [2.24, 2.45) is 0 Å². The van der Waals surface area contributed by atoms with Crippen molar-refractivity contribution in [2.75, 3.05) is 13.1 Å². The number of nitrogens with zero attached hydrogens (tertiary/aromatic N) is 8. The molecule has 148 valence electrons. The highest BCUT2D eigenvalue weighted by Crippen LogP contribution is 2.27. The Morgan fingerprint density at radius 3 is 2.68 bits per heavy atom. The monoisotopic (exact) mass is 382 g/mol. The third-order valence-electron chi connectivity index (χ3n) is 5.34. The van der Waals surface area contributed by atoms with Crippen LogP contribution in [0.5, 0.6) is 0 Å². The summed E-state index contributed by atoms with van der Waals surface area (Å²) in [5.74, 6) is 2.44. The van der Waals surface area contributed by atoms with E-state index < -0.39 is 0 Å². The Morgan fingerprint density at radius 1 is 1.21 bits per heavy atom. The van der Waals surface area contributed by atoms with Crippen LogP contribution in [0.1, 0.15) is 43.0 Å². The second-order valence-corrected chi connectivity index (χ2v) is 7.26. The molecule has 1 aliphatic rings. The van der Waals surface area contributed by atoms with Crippen LogP contribution in [0.4, 0.5) is 0 Å². The number of carbonyl (C=O) groups is 1. The lowest BCUT2D eigenvalue weighted by atomic mass is 9.95. The van der Waals surface area contributed by atoms with E-state index in [1.165, 1.54) is 0 Å². The number of likely N-dealkylation sites (tertiary alicyclic amines) is 1. The van der Waals surface area contributed by atoms with E-state index in [1.807, 2.05) is 34.9 Å². The first-order chi connectivity index (χ1) is 13.6. The number of rotatable bonds is 6. The van der Waals surface area contributed by atoms with Gasteiger partial charge in [-0.2, -0.15) is 5.10 Å². The fraction of sp³-hybridized carbons (Fsp3) is 0.526. The SMILES string of the molecule is CCn1c(Cn2ccnc2)nnc1C1CCN(C(=O)Cn2ccc(C)n2)CC1. The summed E-state index contributed by atoms with van der Waals surface area (Å²) in [6, 6.07) is 1.92. The minimum Gasteiger partial charge on any atom is -0.341 e. The van der Waals surface area contributed by atoms with Gasteiger partial charge < -0.3 is 14.0 Å². The first kappa shape index (κ1) is 18.4. The first-order valence-electron chi connectivity index (χ1n) is 9.79. The van der Waals surface area contributed by atoms with Crippen LogP contribution < -0.4 is 0 Å². The lowest BCUT2D eigenvalue weighted by Crippen LogP contribution is -2.40. The Morgan fingerprint density at radius 2 is 2.04 bits per heavy atom. The zero-order chi connectivity index (χ0) is 19.5. The van der Waals surface area contributed by atoms with E-state index in [0.717, 1.165) is 49.8 Å². The summed E-state index contributed by atoms with van der Waals surface area (Å²) in [7, 11) is 0. The minimum absolute atomic E-state index is 0.124. The molecule has 0 aromatic carbocycles. The molecule has 1 amide bonds. The maximum atomic E-state index is 12.5. The third-order valence-corrected chi connectivity index (χ3v) is 5.34. The minimum atomic E-state index is 0.124. The second kappa shape index (κ2) is 7.95. The molecule has 0 N–H and O–H groups in total. The molecule has 3 aromatic rings. The van der Waals surface area contributed by atoms with Crippen LogP contribution in [0.2, 0.25) is 0 Å². The van der Waals surface area contributed by atoms with Crippen molar-refractivity contribution >= 4 is 5.91 Å². The van der Waals surface area contributed by atoms with Gasteiger partial charge in [0.25, 0.3) is 0 Å². The molecule has 1 saturated heterocycles. The van der Waals surface area contributed by atoms with Crippen molar-refractivity contribution < 1.29 is 4.79 Å². The highest BCUT2D eigenvalue weighted by atomic mass is 16.2. The van der Waals surface area contributed by atoms with Crippen molar-refractivity contribution in [3.8, 4) is 0 Å². The molecule has 1 aliphatic heterocycles. The first-order valence-corrected chi connectivity index (χ1v) is 9.79. The van der Waals surface area contributed by atoms with Crippen LogP contribution in [-0.2, 0) is 24.4 Å². The van der Waals surface area contributed by atoms with Crippen LogP contribution in [0.15, 0.2) is 31.0 Å². The maximum Gasteiger partial charge on any atom is 0.244 e. The molecule has 3 aromatic heterocycles. The zero-order valence-corrected chi connectivity index (χ0v) is 16.4. The van der Waals surface area contributed by atoms with E-state index in [2.05, 4.69) is 31.8 Å². The van der Waals surface area contributed by atoms with Gasteiger partial charge in [-0.25, -0.2) is 4.98 Å². The van der Waals surface area contributed by atoms with E-state index in [4.69, 9.17) is 0 Å². The number of aromatic nitrogens is 7. The van der Waals surface area contributed by atoms with Crippen LogP contribution in [0.3, 0.4) is 0 Å². The topological polar surface area (TPSA) is 86.7 Å². The highest BCUT2D eigenvalue weighted by molar-refractivity contribution is 5.76. The molecule has 0 aliphatic carbocycles. The molecule has 28 heavy (non-hydrogen) atoms. The number of hydrogen-bond donors (Lipinski definition) is 0. The Labute approximate surface area is 164 Å². The van der Waals surface area contributed by atoms with E-state index in [-0.39, 0.29) is 5.91 Å². The number of hydrogen-bond acceptors (Lipinski definition) is 5. The molecule has 0 bridgehead atoms. The van der Waals surface area contributed by atoms with Crippen LogP contribution in [0.25, 0.3) is 0 Å². The average Bonchev–Trinajstić information content (AvgIpc) is 3.44. The fourth-order valence-corrected chi connectivity index (χ4v) is 3.83. The lowest BCUT2D eigenvalue weighted by molar-refractivity contribution is -0.133. The molecule has 0 atom stereocenters. The zero-order valence-electron chi connectivity index (χ0n) is 16.4. The van der Waals surface area contributed by atoms with Gasteiger partial charge in [0.1, 0.15) is 12.4 Å². The molecule has 4 rings (SSSR count). The van der Waals surface area contributed by atoms with Crippen molar-refractivity contribution in [1.82, 2.24) is 39.0 Å². The van der Waals surface area contributed by atoms with Crippen LogP contribution in [-0.4, -0.2) is 58.0 Å². The van der Waals surface area contributed by atoms with Gasteiger partial charge >= 0.3 is 0 Å². The standard InChI is InChI=1S/C19H26N8O/c1-3-27-17(12-24-11-7-20-14-24)21-22-19(27)16-5-8-25(9-6-16)18(28)13-26-10-4-15(2)23-26/h4,7,10-11,14,16H,3,5-6,8-9,12-13H2,1-2H3. The third kappa shape index (κ3) is 3.83. The van der Waals surface area contributed by atoms with E-state index in [9.17, 15) is 4.79 Å². The van der Waals surface area contributed by atoms with Crippen molar-refractivity contribution in [3.05, 3.63) is 48.3 Å². The van der Waals surface area contributed by atoms with E-state index in [0.29, 0.717) is 19.0 Å². The molecule has 9 nitrogen and oxygen atoms in total. The number of amides is 1. The average molecular weight is 382 g/mol. The molecule has 1 fully saturated rings. The maximum absolute atomic E-state index is 12.5. The van der Waals surface area contributed by atoms with Gasteiger partial charge in [0.05, 0.1) is 18.6 Å². The molecular formula is C19H26N8O. The number of piperidine rings is 1. The largest absolute Gasteiger partial charge is 0.341 e. The highest BCUT2D eigenvalue weighted by Gasteiger charge is 2.28. The fourth-order valence-electron chi connectivity index (χ4n) is 3.83. The normalized spacial score (nSPS) is 15.3. The molecule has 4 heterocycles. The molecule has 9 heteroatoms. The van der Waals surface area contributed by atoms with Gasteiger partial charge in [-0.05, 0) is 32.8 Å². The molecule has 0 saturated carbocycles. The van der Waals surface area contributed by atoms with Gasteiger partial charge in [-0.1, -0.05) is 0 Å². The van der Waals surface area contributed by atoms with E-state index in [1.54, 1.807) is 17.2 Å². The molecular weight excluding hydrogens is 356 g/mol.